The van der Waals surface area contributed by atoms with Gasteiger partial charge in [0.05, 0.1) is 19.8 Å². The zero-order valence-electron chi connectivity index (χ0n) is 34.0. The summed E-state index contributed by atoms with van der Waals surface area (Å²) < 4.78 is 26.2. The maximum absolute atomic E-state index is 6.94. The molecule has 0 aromatic heterocycles. The smallest absolute Gasteiger partial charge is 0.126 e. The first-order valence-electron chi connectivity index (χ1n) is 21.9. The van der Waals surface area contributed by atoms with Gasteiger partial charge in [0.2, 0.25) is 0 Å². The summed E-state index contributed by atoms with van der Waals surface area (Å²) in [5.74, 6) is 2.59. The van der Waals surface area contributed by atoms with Crippen LogP contribution in [0.1, 0.15) is 165 Å². The quantitative estimate of drug-likeness (QED) is 0.0616. The van der Waals surface area contributed by atoms with Gasteiger partial charge < -0.3 is 18.9 Å². The Morgan fingerprint density at radius 2 is 1.00 bits per heavy atom. The van der Waals surface area contributed by atoms with Crippen molar-refractivity contribution >= 4 is 0 Å². The summed E-state index contributed by atoms with van der Waals surface area (Å²) in [6.07, 6.45) is 33.4. The topological polar surface area (TPSA) is 36.9 Å². The number of unbranched alkanes of at least 4 members (excludes halogenated alkanes) is 18. The predicted molar refractivity (Wildman–Crippen MR) is 227 cm³/mol. The van der Waals surface area contributed by atoms with E-state index < -0.39 is 5.60 Å². The van der Waals surface area contributed by atoms with Crippen LogP contribution < -0.4 is 9.47 Å². The van der Waals surface area contributed by atoms with Crippen molar-refractivity contribution < 1.29 is 18.9 Å². The van der Waals surface area contributed by atoms with E-state index in [2.05, 4.69) is 98.8 Å². The molecule has 54 heavy (non-hydrogen) atoms. The molecule has 3 aromatic rings. The van der Waals surface area contributed by atoms with Gasteiger partial charge >= 0.3 is 0 Å². The van der Waals surface area contributed by atoms with E-state index in [1.807, 2.05) is 12.1 Å². The van der Waals surface area contributed by atoms with Gasteiger partial charge in [-0.05, 0) is 60.4 Å². The lowest BCUT2D eigenvalue weighted by molar-refractivity contribution is -0.0268. The summed E-state index contributed by atoms with van der Waals surface area (Å²) in [4.78, 5) is 0. The Balaban J connectivity index is 1.38. The van der Waals surface area contributed by atoms with Crippen molar-refractivity contribution in [3.8, 4) is 11.5 Å². The molecule has 0 heterocycles. The van der Waals surface area contributed by atoms with Crippen LogP contribution in [0.15, 0.2) is 103 Å². The first-order chi connectivity index (χ1) is 26.7. The maximum Gasteiger partial charge on any atom is 0.126 e. The molecule has 0 bridgehead atoms. The molecule has 1 unspecified atom stereocenters. The zero-order valence-corrected chi connectivity index (χ0v) is 34.0. The Morgan fingerprint density at radius 3 is 1.52 bits per heavy atom. The van der Waals surface area contributed by atoms with Crippen LogP contribution in [-0.4, -0.2) is 13.2 Å². The van der Waals surface area contributed by atoms with Crippen LogP contribution in [0.4, 0.5) is 0 Å². The molecule has 296 valence electrons. The van der Waals surface area contributed by atoms with Gasteiger partial charge in [0.25, 0.3) is 0 Å². The van der Waals surface area contributed by atoms with Crippen LogP contribution in [0.2, 0.25) is 0 Å². The lowest BCUT2D eigenvalue weighted by atomic mass is 9.85. The molecule has 1 aliphatic rings. The molecular formula is C50H72O4. The summed E-state index contributed by atoms with van der Waals surface area (Å²) in [5, 5.41) is 0. The van der Waals surface area contributed by atoms with E-state index in [1.165, 1.54) is 116 Å². The second-order valence-corrected chi connectivity index (χ2v) is 15.3. The number of hydrogen-bond donors (Lipinski definition) is 0. The number of ether oxygens (including phenoxy) is 4. The van der Waals surface area contributed by atoms with E-state index in [-0.39, 0.29) is 0 Å². The van der Waals surface area contributed by atoms with Gasteiger partial charge in [-0.15, -0.1) is 0 Å². The third-order valence-corrected chi connectivity index (χ3v) is 10.6. The minimum absolute atomic E-state index is 0.480. The lowest BCUT2D eigenvalue weighted by Gasteiger charge is -2.34. The van der Waals surface area contributed by atoms with Crippen LogP contribution >= 0.6 is 0 Å². The molecule has 3 aromatic carbocycles. The summed E-state index contributed by atoms with van der Waals surface area (Å²) in [6.45, 7) is 6.99. The van der Waals surface area contributed by atoms with Crippen molar-refractivity contribution in [2.75, 3.05) is 13.2 Å². The van der Waals surface area contributed by atoms with Crippen molar-refractivity contribution in [1.82, 2.24) is 0 Å². The van der Waals surface area contributed by atoms with E-state index in [4.69, 9.17) is 18.9 Å². The molecule has 1 atom stereocenters. The Kier molecular flexibility index (Phi) is 21.7. The number of rotatable bonds is 31. The fourth-order valence-corrected chi connectivity index (χ4v) is 7.23. The molecule has 4 nitrogen and oxygen atoms in total. The molecule has 0 spiro atoms. The Hall–Kier alpha value is -3.50. The van der Waals surface area contributed by atoms with Crippen molar-refractivity contribution in [1.29, 1.82) is 0 Å². The lowest BCUT2D eigenvalue weighted by Crippen LogP contribution is -2.29. The fraction of sp³-hybridized carbons (Fsp3) is 0.560. The first kappa shape index (κ1) is 43.2. The Morgan fingerprint density at radius 1 is 0.500 bits per heavy atom. The van der Waals surface area contributed by atoms with Crippen LogP contribution in [0, 0.1) is 0 Å². The first-order valence-corrected chi connectivity index (χ1v) is 21.9. The van der Waals surface area contributed by atoms with Gasteiger partial charge in [0.1, 0.15) is 29.5 Å². The highest BCUT2D eigenvalue weighted by atomic mass is 16.5. The number of benzene rings is 3. The van der Waals surface area contributed by atoms with Gasteiger partial charge in [-0.1, -0.05) is 190 Å². The molecule has 0 aliphatic heterocycles. The molecular weight excluding hydrogens is 665 g/mol. The van der Waals surface area contributed by atoms with Gasteiger partial charge in [0.15, 0.2) is 0 Å². The molecule has 0 N–H and O–H groups in total. The highest BCUT2D eigenvalue weighted by Gasteiger charge is 2.35. The number of allylic oxidation sites excluding steroid dienone is 1. The molecule has 0 radical (unpaired) electrons. The number of hydrogen-bond acceptors (Lipinski definition) is 4. The normalized spacial score (nSPS) is 15.3. The third kappa shape index (κ3) is 16.9. The van der Waals surface area contributed by atoms with Gasteiger partial charge in [0, 0.05) is 12.0 Å². The summed E-state index contributed by atoms with van der Waals surface area (Å²) in [6, 6.07) is 27.0. The summed E-state index contributed by atoms with van der Waals surface area (Å²) in [7, 11) is 0. The van der Waals surface area contributed by atoms with Crippen molar-refractivity contribution in [3.63, 3.8) is 0 Å². The van der Waals surface area contributed by atoms with E-state index >= 15 is 0 Å². The Bertz CT molecular complexity index is 1430. The van der Waals surface area contributed by atoms with E-state index in [1.54, 1.807) is 0 Å². The summed E-state index contributed by atoms with van der Waals surface area (Å²) >= 11 is 0. The van der Waals surface area contributed by atoms with Crippen LogP contribution in [0.3, 0.4) is 0 Å². The minimum Gasteiger partial charge on any atom is -0.494 e. The van der Waals surface area contributed by atoms with Crippen molar-refractivity contribution in [3.05, 3.63) is 120 Å². The van der Waals surface area contributed by atoms with E-state index in [9.17, 15) is 0 Å². The largest absolute Gasteiger partial charge is 0.494 e. The SMILES string of the molecule is CCCCCCCCCCCCOC1=CCC(OCc2ccccc2)(c2cc(OCCCCCCCCCCCC)ccc2OCc2ccccc2)C=C1. The highest BCUT2D eigenvalue weighted by molar-refractivity contribution is 5.48. The van der Waals surface area contributed by atoms with Crippen molar-refractivity contribution in [2.24, 2.45) is 0 Å². The van der Waals surface area contributed by atoms with E-state index in [0.717, 1.165) is 53.4 Å². The van der Waals surface area contributed by atoms with Crippen LogP contribution in [0.5, 0.6) is 11.5 Å². The van der Waals surface area contributed by atoms with Crippen molar-refractivity contribution in [2.45, 2.75) is 167 Å². The summed E-state index contributed by atoms with van der Waals surface area (Å²) in [5.41, 5.74) is 2.52. The average molecular weight is 737 g/mol. The molecule has 0 amide bonds. The maximum atomic E-state index is 6.94. The molecule has 4 rings (SSSR count). The monoisotopic (exact) mass is 737 g/mol. The van der Waals surface area contributed by atoms with Crippen LogP contribution in [-0.2, 0) is 28.3 Å². The molecule has 0 fully saturated rings. The average Bonchev–Trinajstić information content (AvgIpc) is 3.22. The predicted octanol–water partition coefficient (Wildman–Crippen LogP) is 14.8. The fourth-order valence-electron chi connectivity index (χ4n) is 7.23. The van der Waals surface area contributed by atoms with Crippen LogP contribution in [0.25, 0.3) is 0 Å². The minimum atomic E-state index is -0.734. The molecule has 0 saturated carbocycles. The molecule has 1 aliphatic carbocycles. The third-order valence-electron chi connectivity index (χ3n) is 10.6. The standard InChI is InChI=1S/C50H72O4/c1-3-5-7-9-11-13-15-17-19-27-39-51-46-35-37-50(38-36-46,54-43-45-31-25-22-26-32-45)48-41-47(33-34-49(48)53-42-44-29-23-21-24-30-44)52-40-28-20-18-16-14-12-10-8-6-4-2/h21-26,29-37,41H,3-20,27-28,38-40,42-43H2,1-2H3. The zero-order chi connectivity index (χ0) is 37.8. The highest BCUT2D eigenvalue weighted by Crippen LogP contribution is 2.43. The molecule has 4 heteroatoms. The van der Waals surface area contributed by atoms with Gasteiger partial charge in [-0.2, -0.15) is 0 Å². The van der Waals surface area contributed by atoms with E-state index in [0.29, 0.717) is 26.2 Å². The van der Waals surface area contributed by atoms with Gasteiger partial charge in [-0.25, -0.2) is 0 Å². The Labute approximate surface area is 329 Å². The van der Waals surface area contributed by atoms with Gasteiger partial charge in [-0.3, -0.25) is 0 Å². The second-order valence-electron chi connectivity index (χ2n) is 15.3. The second kappa shape index (κ2) is 27.1. The molecule has 0 saturated heterocycles.